The lowest BCUT2D eigenvalue weighted by Gasteiger charge is -2.08. The van der Waals surface area contributed by atoms with Crippen LogP contribution in [0.5, 0.6) is 0 Å². The van der Waals surface area contributed by atoms with Crippen molar-refractivity contribution < 1.29 is 10.2 Å². The molecule has 2 N–H and O–H groups in total. The zero-order valence-electron chi connectivity index (χ0n) is 9.53. The summed E-state index contributed by atoms with van der Waals surface area (Å²) in [5.74, 6) is 0. The highest BCUT2D eigenvalue weighted by Crippen LogP contribution is 2.35. The van der Waals surface area contributed by atoms with E-state index in [0.717, 1.165) is 16.7 Å². The highest BCUT2D eigenvalue weighted by atomic mass is 32.1. The molecule has 0 radical (unpaired) electrons. The van der Waals surface area contributed by atoms with E-state index in [-0.39, 0.29) is 6.61 Å². The van der Waals surface area contributed by atoms with Crippen LogP contribution in [0, 0.1) is 6.92 Å². The van der Waals surface area contributed by atoms with Gasteiger partial charge in [-0.2, -0.15) is 0 Å². The highest BCUT2D eigenvalue weighted by molar-refractivity contribution is 7.19. The second-order valence-corrected chi connectivity index (χ2v) is 5.03. The van der Waals surface area contributed by atoms with E-state index in [1.54, 1.807) is 11.3 Å². The number of aryl methyl sites for hydroxylation is 2. The monoisotopic (exact) mass is 236 g/mol. The summed E-state index contributed by atoms with van der Waals surface area (Å²) in [5.41, 5.74) is 2.14. The van der Waals surface area contributed by atoms with E-state index >= 15 is 0 Å². The third-order valence-corrected chi connectivity index (χ3v) is 4.45. The van der Waals surface area contributed by atoms with Crippen LogP contribution in [0.25, 0.3) is 10.1 Å². The lowest BCUT2D eigenvalue weighted by molar-refractivity contribution is 0.0968. The van der Waals surface area contributed by atoms with Crippen molar-refractivity contribution in [3.8, 4) is 0 Å². The molecule has 16 heavy (non-hydrogen) atoms. The Morgan fingerprint density at radius 3 is 2.75 bits per heavy atom. The van der Waals surface area contributed by atoms with Crippen molar-refractivity contribution in [2.24, 2.45) is 0 Å². The minimum absolute atomic E-state index is 0.225. The maximum absolute atomic E-state index is 9.76. The van der Waals surface area contributed by atoms with Gasteiger partial charge in [0.05, 0.1) is 6.61 Å². The molecule has 2 aromatic rings. The molecule has 2 rings (SSSR count). The Kier molecular flexibility index (Phi) is 3.28. The van der Waals surface area contributed by atoms with Crippen LogP contribution in [0.3, 0.4) is 0 Å². The van der Waals surface area contributed by atoms with Gasteiger partial charge < -0.3 is 10.2 Å². The van der Waals surface area contributed by atoms with Crippen molar-refractivity contribution in [1.82, 2.24) is 0 Å². The summed E-state index contributed by atoms with van der Waals surface area (Å²) >= 11 is 1.72. The first-order valence-electron chi connectivity index (χ1n) is 5.48. The van der Waals surface area contributed by atoms with Crippen LogP contribution < -0.4 is 0 Å². The molecule has 0 saturated carbocycles. The first kappa shape index (κ1) is 11.6. The summed E-state index contributed by atoms with van der Waals surface area (Å²) in [7, 11) is 0. The van der Waals surface area contributed by atoms with Gasteiger partial charge in [0, 0.05) is 15.1 Å². The molecule has 86 valence electrons. The van der Waals surface area contributed by atoms with Gasteiger partial charge in [-0.25, -0.2) is 0 Å². The van der Waals surface area contributed by atoms with Crippen molar-refractivity contribution in [1.29, 1.82) is 0 Å². The molecule has 0 spiro atoms. The Labute approximate surface area is 99.2 Å². The van der Waals surface area contributed by atoms with Crippen LogP contribution in [0.1, 0.15) is 29.0 Å². The van der Waals surface area contributed by atoms with E-state index in [4.69, 9.17) is 5.11 Å². The number of fused-ring (bicyclic) bond motifs is 1. The average molecular weight is 236 g/mol. The van der Waals surface area contributed by atoms with Crippen LogP contribution in [-0.4, -0.2) is 16.8 Å². The number of hydrogen-bond donors (Lipinski definition) is 2. The predicted molar refractivity (Wildman–Crippen MR) is 68.0 cm³/mol. The molecule has 1 aromatic carbocycles. The maximum atomic E-state index is 9.76. The molecule has 0 amide bonds. The summed E-state index contributed by atoms with van der Waals surface area (Å²) in [5, 5.41) is 20.0. The van der Waals surface area contributed by atoms with Gasteiger partial charge in [0.2, 0.25) is 0 Å². The van der Waals surface area contributed by atoms with Crippen molar-refractivity contribution in [3.63, 3.8) is 0 Å². The summed E-state index contributed by atoms with van der Waals surface area (Å²) in [4.78, 5) is 1.35. The molecule has 0 bridgehead atoms. The van der Waals surface area contributed by atoms with Crippen molar-refractivity contribution >= 4 is 21.4 Å². The van der Waals surface area contributed by atoms with Crippen LogP contribution in [0.15, 0.2) is 18.2 Å². The van der Waals surface area contributed by atoms with Crippen LogP contribution in [0.2, 0.25) is 0 Å². The molecule has 1 aromatic heterocycles. The molecule has 1 atom stereocenters. The standard InChI is InChI=1S/C13H16O2S/c1-3-12-8(2)9-5-4-6-10(11(15)7-14)13(9)16-12/h4-6,11,14-15H,3,7H2,1-2H3/t11-/m1/s1. The Hall–Kier alpha value is -0.900. The van der Waals surface area contributed by atoms with E-state index in [1.807, 2.05) is 12.1 Å². The van der Waals surface area contributed by atoms with Gasteiger partial charge in [0.1, 0.15) is 6.10 Å². The number of benzene rings is 1. The summed E-state index contributed by atoms with van der Waals surface area (Å²) in [6, 6.07) is 5.90. The highest BCUT2D eigenvalue weighted by Gasteiger charge is 2.14. The van der Waals surface area contributed by atoms with Crippen LogP contribution in [-0.2, 0) is 6.42 Å². The largest absolute Gasteiger partial charge is 0.393 e. The average Bonchev–Trinajstić information content (AvgIpc) is 2.65. The number of aliphatic hydroxyl groups excluding tert-OH is 2. The number of hydrogen-bond acceptors (Lipinski definition) is 3. The topological polar surface area (TPSA) is 40.5 Å². The molecule has 0 aliphatic rings. The Morgan fingerprint density at radius 2 is 2.12 bits per heavy atom. The van der Waals surface area contributed by atoms with E-state index in [1.165, 1.54) is 15.8 Å². The van der Waals surface area contributed by atoms with Gasteiger partial charge in [0.25, 0.3) is 0 Å². The van der Waals surface area contributed by atoms with Crippen LogP contribution in [0.4, 0.5) is 0 Å². The van der Waals surface area contributed by atoms with Gasteiger partial charge >= 0.3 is 0 Å². The molecule has 0 aliphatic carbocycles. The van der Waals surface area contributed by atoms with E-state index in [0.29, 0.717) is 0 Å². The number of rotatable bonds is 3. The predicted octanol–water partition coefficient (Wildman–Crippen LogP) is 2.80. The third kappa shape index (κ3) is 1.75. The van der Waals surface area contributed by atoms with E-state index < -0.39 is 6.10 Å². The second kappa shape index (κ2) is 4.53. The normalized spacial score (nSPS) is 13.2. The molecule has 0 fully saturated rings. The van der Waals surface area contributed by atoms with Crippen molar-refractivity contribution in [2.75, 3.05) is 6.61 Å². The fourth-order valence-corrected chi connectivity index (χ4v) is 3.32. The SMILES string of the molecule is CCc1sc2c([C@H](O)CO)cccc2c1C. The lowest BCUT2D eigenvalue weighted by atomic mass is 10.0. The molecule has 2 nitrogen and oxygen atoms in total. The fourth-order valence-electron chi connectivity index (χ4n) is 2.01. The number of thiophene rings is 1. The Balaban J connectivity index is 2.68. The zero-order valence-corrected chi connectivity index (χ0v) is 10.3. The van der Waals surface area contributed by atoms with Gasteiger partial charge in [-0.1, -0.05) is 25.1 Å². The molecule has 0 aliphatic heterocycles. The Morgan fingerprint density at radius 1 is 1.38 bits per heavy atom. The summed E-state index contributed by atoms with van der Waals surface area (Å²) in [6.07, 6.45) is 0.242. The maximum Gasteiger partial charge on any atom is 0.103 e. The first-order chi connectivity index (χ1) is 7.69. The molecule has 1 heterocycles. The summed E-state index contributed by atoms with van der Waals surface area (Å²) < 4.78 is 1.11. The molecule has 0 unspecified atom stereocenters. The van der Waals surface area contributed by atoms with E-state index in [2.05, 4.69) is 19.9 Å². The Bertz CT molecular complexity index is 502. The minimum atomic E-state index is -0.772. The smallest absolute Gasteiger partial charge is 0.103 e. The molecular formula is C13H16O2S. The van der Waals surface area contributed by atoms with Gasteiger partial charge in [0.15, 0.2) is 0 Å². The number of aliphatic hydroxyl groups is 2. The van der Waals surface area contributed by atoms with Crippen LogP contribution >= 0.6 is 11.3 Å². The molecule has 0 saturated heterocycles. The van der Waals surface area contributed by atoms with E-state index in [9.17, 15) is 5.11 Å². The first-order valence-corrected chi connectivity index (χ1v) is 6.30. The van der Waals surface area contributed by atoms with Gasteiger partial charge in [-0.05, 0) is 24.3 Å². The molecule has 3 heteroatoms. The quantitative estimate of drug-likeness (QED) is 0.860. The van der Waals surface area contributed by atoms with Crippen molar-refractivity contribution in [2.45, 2.75) is 26.4 Å². The molecular weight excluding hydrogens is 220 g/mol. The second-order valence-electron chi connectivity index (χ2n) is 3.93. The fraction of sp³-hybridized carbons (Fsp3) is 0.385. The third-order valence-electron chi connectivity index (χ3n) is 2.95. The van der Waals surface area contributed by atoms with Gasteiger partial charge in [-0.15, -0.1) is 11.3 Å². The zero-order chi connectivity index (χ0) is 11.7. The van der Waals surface area contributed by atoms with Crippen molar-refractivity contribution in [3.05, 3.63) is 34.2 Å². The lowest BCUT2D eigenvalue weighted by Crippen LogP contribution is -2.02. The van der Waals surface area contributed by atoms with Gasteiger partial charge in [-0.3, -0.25) is 0 Å². The summed E-state index contributed by atoms with van der Waals surface area (Å²) in [6.45, 7) is 4.03. The minimum Gasteiger partial charge on any atom is -0.393 e.